The monoisotopic (exact) mass is 145 g/mol. The number of hydrogen-bond donors (Lipinski definition) is 1. The fourth-order valence-corrected chi connectivity index (χ4v) is 1.03. The van der Waals surface area contributed by atoms with Gasteiger partial charge in [-0.3, -0.25) is 0 Å². The van der Waals surface area contributed by atoms with Crippen LogP contribution in [0.15, 0.2) is 0 Å². The van der Waals surface area contributed by atoms with Crippen molar-refractivity contribution in [1.82, 2.24) is 5.32 Å². The second-order valence-electron chi connectivity index (χ2n) is 2.19. The van der Waals surface area contributed by atoms with Crippen LogP contribution < -0.4 is 5.32 Å². The smallest absolute Gasteiger partial charge is 0.0595 e. The summed E-state index contributed by atoms with van der Waals surface area (Å²) in [6.07, 6.45) is 2.88. The van der Waals surface area contributed by atoms with E-state index in [-0.39, 0.29) is 0 Å². The first-order chi connectivity index (χ1) is 4.93. The number of rotatable bonds is 1. The highest BCUT2D eigenvalue weighted by Gasteiger charge is 2.09. The summed E-state index contributed by atoms with van der Waals surface area (Å²) in [6, 6.07) is 0. The fraction of sp³-hybridized carbons (Fsp3) is 1.00. The largest absolute Gasteiger partial charge is 0.381 e. The summed E-state index contributed by atoms with van der Waals surface area (Å²) in [5.74, 6) is 0. The molecule has 1 rings (SSSR count). The molecule has 0 aliphatic carbocycles. The van der Waals surface area contributed by atoms with Crippen LogP contribution in [0.3, 0.4) is 0 Å². The van der Waals surface area contributed by atoms with Crippen molar-refractivity contribution in [3.63, 3.8) is 0 Å². The molecule has 0 unspecified atom stereocenters. The fourth-order valence-electron chi connectivity index (χ4n) is 1.03. The molecule has 62 valence electrons. The topological polar surface area (TPSA) is 21.3 Å². The minimum absolute atomic E-state index is 0.524. The van der Waals surface area contributed by atoms with Crippen LogP contribution >= 0.6 is 0 Å². The van der Waals surface area contributed by atoms with Crippen molar-refractivity contribution in [1.29, 1.82) is 0 Å². The Balaban J connectivity index is 0.000000371. The van der Waals surface area contributed by atoms with Crippen LogP contribution in [0.2, 0.25) is 0 Å². The number of nitrogens with one attached hydrogen (secondary N) is 1. The lowest BCUT2D eigenvalue weighted by molar-refractivity contribution is 0.0765. The number of piperidine rings is 1. The van der Waals surface area contributed by atoms with E-state index < -0.39 is 0 Å². The van der Waals surface area contributed by atoms with E-state index in [2.05, 4.69) is 5.32 Å². The van der Waals surface area contributed by atoms with Crippen LogP contribution in [0.4, 0.5) is 0 Å². The van der Waals surface area contributed by atoms with Gasteiger partial charge in [0.1, 0.15) is 0 Å². The predicted octanol–water partition coefficient (Wildman–Crippen LogP) is 1.41. The van der Waals surface area contributed by atoms with E-state index in [1.165, 1.54) is 12.8 Å². The summed E-state index contributed by atoms with van der Waals surface area (Å²) in [7, 11) is 1.79. The molecule has 0 atom stereocenters. The average molecular weight is 145 g/mol. The molecule has 0 aromatic rings. The maximum absolute atomic E-state index is 5.15. The zero-order valence-corrected chi connectivity index (χ0v) is 7.31. The second-order valence-corrected chi connectivity index (χ2v) is 2.19. The Morgan fingerprint density at radius 2 is 1.70 bits per heavy atom. The summed E-state index contributed by atoms with van der Waals surface area (Å²) in [5, 5.41) is 3.27. The third-order valence-electron chi connectivity index (χ3n) is 1.62. The van der Waals surface area contributed by atoms with Crippen molar-refractivity contribution >= 4 is 0 Å². The first-order valence-electron chi connectivity index (χ1n) is 4.17. The van der Waals surface area contributed by atoms with Gasteiger partial charge >= 0.3 is 0 Å². The predicted molar refractivity (Wildman–Crippen MR) is 44.2 cm³/mol. The summed E-state index contributed by atoms with van der Waals surface area (Å²) in [4.78, 5) is 0. The van der Waals surface area contributed by atoms with Gasteiger partial charge in [0, 0.05) is 7.11 Å². The number of ether oxygens (including phenoxy) is 1. The van der Waals surface area contributed by atoms with Crippen LogP contribution in [0.25, 0.3) is 0 Å². The van der Waals surface area contributed by atoms with Gasteiger partial charge in [-0.1, -0.05) is 13.8 Å². The minimum atomic E-state index is 0.524. The van der Waals surface area contributed by atoms with Gasteiger partial charge in [0.25, 0.3) is 0 Å². The van der Waals surface area contributed by atoms with Crippen LogP contribution in [0.1, 0.15) is 26.7 Å². The van der Waals surface area contributed by atoms with E-state index in [1.54, 1.807) is 7.11 Å². The average Bonchev–Trinajstić information content (AvgIpc) is 2.10. The van der Waals surface area contributed by atoms with E-state index >= 15 is 0 Å². The third-order valence-corrected chi connectivity index (χ3v) is 1.62. The molecule has 1 aliphatic heterocycles. The van der Waals surface area contributed by atoms with Gasteiger partial charge in [0.2, 0.25) is 0 Å². The maximum Gasteiger partial charge on any atom is 0.0595 e. The summed E-state index contributed by atoms with van der Waals surface area (Å²) in [6.45, 7) is 6.25. The minimum Gasteiger partial charge on any atom is -0.381 e. The highest BCUT2D eigenvalue weighted by molar-refractivity contribution is 4.66. The highest BCUT2D eigenvalue weighted by Crippen LogP contribution is 2.04. The Labute approximate surface area is 64.0 Å². The van der Waals surface area contributed by atoms with Crippen LogP contribution in [0, 0.1) is 0 Å². The van der Waals surface area contributed by atoms with Gasteiger partial charge in [-0.15, -0.1) is 0 Å². The summed E-state index contributed by atoms with van der Waals surface area (Å²) < 4.78 is 5.15. The van der Waals surface area contributed by atoms with Crippen LogP contribution in [0.5, 0.6) is 0 Å². The molecular formula is C8H19NO. The van der Waals surface area contributed by atoms with E-state index in [4.69, 9.17) is 4.74 Å². The van der Waals surface area contributed by atoms with Crippen molar-refractivity contribution in [2.24, 2.45) is 0 Å². The molecule has 0 spiro atoms. The molecule has 1 aliphatic rings. The Morgan fingerprint density at radius 1 is 1.20 bits per heavy atom. The lowest BCUT2D eigenvalue weighted by Gasteiger charge is -2.20. The quantitative estimate of drug-likeness (QED) is 0.602. The first-order valence-corrected chi connectivity index (χ1v) is 4.17. The maximum atomic E-state index is 5.15. The molecule has 0 bridgehead atoms. The Morgan fingerprint density at radius 3 is 2.00 bits per heavy atom. The van der Waals surface area contributed by atoms with Crippen molar-refractivity contribution in [3.05, 3.63) is 0 Å². The van der Waals surface area contributed by atoms with E-state index in [0.717, 1.165) is 13.1 Å². The highest BCUT2D eigenvalue weighted by atomic mass is 16.5. The Kier molecular flexibility index (Phi) is 6.98. The van der Waals surface area contributed by atoms with Crippen LogP contribution in [-0.4, -0.2) is 26.3 Å². The molecule has 0 aromatic heterocycles. The van der Waals surface area contributed by atoms with Crippen molar-refractivity contribution in [3.8, 4) is 0 Å². The summed E-state index contributed by atoms with van der Waals surface area (Å²) >= 11 is 0. The molecular weight excluding hydrogens is 126 g/mol. The Bertz CT molecular complexity index is 60.3. The number of hydrogen-bond acceptors (Lipinski definition) is 2. The molecule has 0 amide bonds. The first kappa shape index (κ1) is 9.92. The standard InChI is InChI=1S/C6H13NO.C2H6/c1-8-6-2-4-7-5-3-6;1-2/h6-7H,2-5H2,1H3;1-2H3. The molecule has 2 heteroatoms. The molecule has 0 saturated carbocycles. The lowest BCUT2D eigenvalue weighted by Crippen LogP contribution is -2.31. The van der Waals surface area contributed by atoms with E-state index in [9.17, 15) is 0 Å². The molecule has 0 aromatic carbocycles. The van der Waals surface area contributed by atoms with E-state index in [0.29, 0.717) is 6.10 Å². The molecule has 1 heterocycles. The SMILES string of the molecule is CC.COC1CCNCC1. The summed E-state index contributed by atoms with van der Waals surface area (Å²) in [5.41, 5.74) is 0. The molecule has 0 radical (unpaired) electrons. The van der Waals surface area contributed by atoms with Crippen molar-refractivity contribution in [2.45, 2.75) is 32.8 Å². The van der Waals surface area contributed by atoms with Gasteiger partial charge in [-0.2, -0.15) is 0 Å². The zero-order valence-electron chi connectivity index (χ0n) is 7.31. The normalized spacial score (nSPS) is 19.5. The lowest BCUT2D eigenvalue weighted by atomic mass is 10.1. The van der Waals surface area contributed by atoms with Gasteiger partial charge in [-0.25, -0.2) is 0 Å². The molecule has 10 heavy (non-hydrogen) atoms. The second kappa shape index (κ2) is 7.03. The zero-order chi connectivity index (χ0) is 7.82. The van der Waals surface area contributed by atoms with Crippen molar-refractivity contribution < 1.29 is 4.74 Å². The van der Waals surface area contributed by atoms with Gasteiger partial charge in [-0.05, 0) is 25.9 Å². The number of methoxy groups -OCH3 is 1. The van der Waals surface area contributed by atoms with Gasteiger partial charge < -0.3 is 10.1 Å². The van der Waals surface area contributed by atoms with Gasteiger partial charge in [0.05, 0.1) is 6.10 Å². The molecule has 1 N–H and O–H groups in total. The molecule has 1 fully saturated rings. The van der Waals surface area contributed by atoms with E-state index in [1.807, 2.05) is 13.8 Å². The molecule has 2 nitrogen and oxygen atoms in total. The Hall–Kier alpha value is -0.0800. The third kappa shape index (κ3) is 3.85. The van der Waals surface area contributed by atoms with Crippen LogP contribution in [-0.2, 0) is 4.74 Å². The molecule has 1 saturated heterocycles. The van der Waals surface area contributed by atoms with Crippen molar-refractivity contribution in [2.75, 3.05) is 20.2 Å². The van der Waals surface area contributed by atoms with Gasteiger partial charge in [0.15, 0.2) is 0 Å².